The van der Waals surface area contributed by atoms with E-state index in [-0.39, 0.29) is 24.7 Å². The summed E-state index contributed by atoms with van der Waals surface area (Å²) >= 11 is 0. The van der Waals surface area contributed by atoms with Gasteiger partial charge < -0.3 is 10.2 Å². The summed E-state index contributed by atoms with van der Waals surface area (Å²) in [6.45, 7) is 3.51. The van der Waals surface area contributed by atoms with E-state index in [9.17, 15) is 4.79 Å². The van der Waals surface area contributed by atoms with Gasteiger partial charge in [-0.3, -0.25) is 4.79 Å². The number of hydrogen-bond acceptors (Lipinski definition) is 5. The SMILES string of the molecule is CC(=O)CCO.CC1(CCO)N=N1. The van der Waals surface area contributed by atoms with Gasteiger partial charge in [0.25, 0.3) is 0 Å². The first kappa shape index (κ1) is 12.2. The van der Waals surface area contributed by atoms with Crippen molar-refractivity contribution in [1.29, 1.82) is 0 Å². The van der Waals surface area contributed by atoms with Crippen LogP contribution in [0.1, 0.15) is 26.7 Å². The third-order valence-corrected chi connectivity index (χ3v) is 1.49. The quantitative estimate of drug-likeness (QED) is 0.674. The zero-order valence-corrected chi connectivity index (χ0v) is 8.03. The average Bonchev–Trinajstić information content (AvgIpc) is 2.69. The van der Waals surface area contributed by atoms with E-state index in [1.165, 1.54) is 6.92 Å². The summed E-state index contributed by atoms with van der Waals surface area (Å²) in [5, 5.41) is 23.7. The van der Waals surface area contributed by atoms with Gasteiger partial charge >= 0.3 is 0 Å². The number of carbonyl (C=O) groups is 1. The maximum absolute atomic E-state index is 9.88. The van der Waals surface area contributed by atoms with Gasteiger partial charge in [-0.15, -0.1) is 0 Å². The lowest BCUT2D eigenvalue weighted by Gasteiger charge is -1.95. The van der Waals surface area contributed by atoms with Crippen LogP contribution in [-0.2, 0) is 4.79 Å². The van der Waals surface area contributed by atoms with Crippen molar-refractivity contribution in [3.63, 3.8) is 0 Å². The average molecular weight is 188 g/mol. The van der Waals surface area contributed by atoms with E-state index in [2.05, 4.69) is 10.2 Å². The molecule has 0 atom stereocenters. The van der Waals surface area contributed by atoms with Crippen molar-refractivity contribution in [3.8, 4) is 0 Å². The molecule has 0 aliphatic carbocycles. The van der Waals surface area contributed by atoms with Crippen molar-refractivity contribution in [3.05, 3.63) is 0 Å². The Morgan fingerprint density at radius 1 is 1.31 bits per heavy atom. The molecule has 1 rings (SSSR count). The number of ketones is 1. The fourth-order valence-corrected chi connectivity index (χ4v) is 0.555. The molecule has 13 heavy (non-hydrogen) atoms. The molecule has 0 aromatic carbocycles. The van der Waals surface area contributed by atoms with E-state index in [0.717, 1.165) is 0 Å². The number of Topliss-reactive ketones (excluding diaryl/α,β-unsaturated/α-hetero) is 1. The van der Waals surface area contributed by atoms with Crippen LogP contribution in [0.2, 0.25) is 0 Å². The van der Waals surface area contributed by atoms with Gasteiger partial charge in [0.05, 0.1) is 0 Å². The summed E-state index contributed by atoms with van der Waals surface area (Å²) in [5.74, 6) is 0.0394. The van der Waals surface area contributed by atoms with Crippen LogP contribution < -0.4 is 0 Å². The molecule has 5 heteroatoms. The summed E-state index contributed by atoms with van der Waals surface area (Å²) in [4.78, 5) is 9.88. The van der Waals surface area contributed by atoms with Crippen molar-refractivity contribution < 1.29 is 15.0 Å². The second kappa shape index (κ2) is 5.77. The summed E-state index contributed by atoms with van der Waals surface area (Å²) in [5.41, 5.74) is -0.200. The molecule has 0 radical (unpaired) electrons. The Bertz CT molecular complexity index is 186. The van der Waals surface area contributed by atoms with Gasteiger partial charge in [0.2, 0.25) is 0 Å². The summed E-state index contributed by atoms with van der Waals surface area (Å²) in [7, 11) is 0. The highest BCUT2D eigenvalue weighted by Crippen LogP contribution is 2.29. The van der Waals surface area contributed by atoms with E-state index >= 15 is 0 Å². The predicted octanol–water partition coefficient (Wildman–Crippen LogP) is 0.509. The van der Waals surface area contributed by atoms with Gasteiger partial charge in [0.1, 0.15) is 5.78 Å². The molecule has 76 valence electrons. The van der Waals surface area contributed by atoms with Gasteiger partial charge in [0.15, 0.2) is 5.66 Å². The van der Waals surface area contributed by atoms with Crippen molar-refractivity contribution in [2.45, 2.75) is 32.4 Å². The highest BCUT2D eigenvalue weighted by molar-refractivity contribution is 5.75. The highest BCUT2D eigenvalue weighted by Gasteiger charge is 2.32. The van der Waals surface area contributed by atoms with E-state index in [4.69, 9.17) is 10.2 Å². The number of aliphatic hydroxyl groups is 2. The predicted molar refractivity (Wildman–Crippen MR) is 47.3 cm³/mol. The smallest absolute Gasteiger partial charge is 0.190 e. The second-order valence-corrected chi connectivity index (χ2v) is 3.07. The molecule has 2 N–H and O–H groups in total. The molecule has 0 aromatic heterocycles. The van der Waals surface area contributed by atoms with Crippen LogP contribution in [-0.4, -0.2) is 34.9 Å². The standard InChI is InChI=1S/C4H8N2O.C4H8O2/c1-4(2-3-7)5-6-4;1-4(6)2-3-5/h7H,2-3H2,1H3;5H,2-3H2,1H3. The first-order chi connectivity index (χ1) is 6.04. The molecule has 0 amide bonds. The Morgan fingerprint density at radius 2 is 1.85 bits per heavy atom. The molecule has 0 fully saturated rings. The molecule has 0 spiro atoms. The van der Waals surface area contributed by atoms with Crippen molar-refractivity contribution in [2.24, 2.45) is 10.2 Å². The maximum atomic E-state index is 9.88. The van der Waals surface area contributed by atoms with Crippen molar-refractivity contribution in [1.82, 2.24) is 0 Å². The summed E-state index contributed by atoms with van der Waals surface area (Å²) in [6, 6.07) is 0. The molecule has 1 heterocycles. The first-order valence-corrected chi connectivity index (χ1v) is 4.19. The molecule has 0 bridgehead atoms. The molecule has 1 aliphatic rings. The minimum Gasteiger partial charge on any atom is -0.396 e. The van der Waals surface area contributed by atoms with Crippen LogP contribution in [0.5, 0.6) is 0 Å². The van der Waals surface area contributed by atoms with Gasteiger partial charge in [-0.1, -0.05) is 0 Å². The minimum absolute atomic E-state index is 0.0185. The van der Waals surface area contributed by atoms with Crippen LogP contribution in [0.4, 0.5) is 0 Å². The van der Waals surface area contributed by atoms with Crippen molar-refractivity contribution >= 4 is 5.78 Å². The number of nitrogens with zero attached hydrogens (tertiary/aromatic N) is 2. The van der Waals surface area contributed by atoms with Crippen molar-refractivity contribution in [2.75, 3.05) is 13.2 Å². The number of rotatable bonds is 4. The molecular formula is C8H16N2O3. The minimum atomic E-state index is -0.200. The molecule has 0 aromatic rings. The number of hydrogen-bond donors (Lipinski definition) is 2. The molecular weight excluding hydrogens is 172 g/mol. The van der Waals surface area contributed by atoms with Gasteiger partial charge in [-0.2, -0.15) is 10.2 Å². The molecule has 0 saturated carbocycles. The molecule has 1 aliphatic heterocycles. The Balaban J connectivity index is 0.000000226. The van der Waals surface area contributed by atoms with E-state index in [0.29, 0.717) is 12.8 Å². The van der Waals surface area contributed by atoms with Crippen LogP contribution in [0.15, 0.2) is 10.2 Å². The largest absolute Gasteiger partial charge is 0.396 e. The van der Waals surface area contributed by atoms with Gasteiger partial charge in [-0.05, 0) is 13.8 Å². The molecule has 0 saturated heterocycles. The zero-order chi connectivity index (χ0) is 10.3. The Labute approximate surface area is 77.5 Å². The zero-order valence-electron chi connectivity index (χ0n) is 8.03. The Kier molecular flexibility index (Phi) is 5.41. The topological polar surface area (TPSA) is 82.2 Å². The lowest BCUT2D eigenvalue weighted by atomic mass is 10.2. The first-order valence-electron chi connectivity index (χ1n) is 4.19. The highest BCUT2D eigenvalue weighted by atomic mass is 16.3. The normalized spacial score (nSPS) is 16.0. The second-order valence-electron chi connectivity index (χ2n) is 3.07. The van der Waals surface area contributed by atoms with E-state index < -0.39 is 0 Å². The summed E-state index contributed by atoms with van der Waals surface area (Å²) in [6.07, 6.45) is 0.965. The molecule has 0 unspecified atom stereocenters. The van der Waals surface area contributed by atoms with Crippen LogP contribution in [0.25, 0.3) is 0 Å². The van der Waals surface area contributed by atoms with E-state index in [1.807, 2.05) is 6.92 Å². The lowest BCUT2D eigenvalue weighted by Crippen LogP contribution is -2.05. The third-order valence-electron chi connectivity index (χ3n) is 1.49. The summed E-state index contributed by atoms with van der Waals surface area (Å²) < 4.78 is 0. The van der Waals surface area contributed by atoms with E-state index in [1.54, 1.807) is 0 Å². The monoisotopic (exact) mass is 188 g/mol. The number of aliphatic hydroxyl groups excluding tert-OH is 2. The van der Waals surface area contributed by atoms with Crippen LogP contribution in [0, 0.1) is 0 Å². The van der Waals surface area contributed by atoms with Gasteiger partial charge in [-0.25, -0.2) is 0 Å². The fourth-order valence-electron chi connectivity index (χ4n) is 0.555. The molecule has 5 nitrogen and oxygen atoms in total. The number of carbonyl (C=O) groups excluding carboxylic acids is 1. The fraction of sp³-hybridized carbons (Fsp3) is 0.875. The lowest BCUT2D eigenvalue weighted by molar-refractivity contribution is -0.117. The third kappa shape index (κ3) is 7.55. The van der Waals surface area contributed by atoms with Crippen LogP contribution in [0.3, 0.4) is 0 Å². The van der Waals surface area contributed by atoms with Crippen LogP contribution >= 0.6 is 0 Å². The maximum Gasteiger partial charge on any atom is 0.190 e. The van der Waals surface area contributed by atoms with Gasteiger partial charge in [0, 0.05) is 26.1 Å². The Hall–Kier alpha value is -0.810. The Morgan fingerprint density at radius 3 is 1.92 bits per heavy atom.